The lowest BCUT2D eigenvalue weighted by atomic mass is 9.99. The van der Waals surface area contributed by atoms with Crippen LogP contribution in [0.5, 0.6) is 0 Å². The molecule has 0 aliphatic carbocycles. The number of likely N-dealkylation sites (tertiary alicyclic amines) is 1. The van der Waals surface area contributed by atoms with Crippen LogP contribution in [0.4, 0.5) is 0 Å². The van der Waals surface area contributed by atoms with E-state index in [0.717, 1.165) is 18.1 Å². The third-order valence-corrected chi connectivity index (χ3v) is 5.26. The zero-order valence-electron chi connectivity index (χ0n) is 11.6. The summed E-state index contributed by atoms with van der Waals surface area (Å²) in [5.74, 6) is 0. The Labute approximate surface area is 106 Å². The molecule has 3 aliphatic rings. The van der Waals surface area contributed by atoms with Crippen LogP contribution in [-0.4, -0.2) is 60.1 Å². The maximum atomic E-state index is 3.66. The number of rotatable bonds is 1. The van der Waals surface area contributed by atoms with Crippen LogP contribution in [-0.2, 0) is 0 Å². The molecule has 0 aromatic carbocycles. The second kappa shape index (κ2) is 4.22. The minimum absolute atomic E-state index is 0.349. The summed E-state index contributed by atoms with van der Waals surface area (Å²) >= 11 is 0. The third kappa shape index (κ3) is 2.25. The van der Waals surface area contributed by atoms with Crippen molar-refractivity contribution >= 4 is 0 Å². The quantitative estimate of drug-likeness (QED) is 0.741. The van der Waals surface area contributed by atoms with Crippen LogP contribution in [0.1, 0.15) is 39.5 Å². The van der Waals surface area contributed by atoms with Gasteiger partial charge < -0.3 is 5.32 Å². The van der Waals surface area contributed by atoms with Gasteiger partial charge in [0.25, 0.3) is 0 Å². The zero-order valence-corrected chi connectivity index (χ0v) is 11.6. The molecule has 0 radical (unpaired) electrons. The van der Waals surface area contributed by atoms with Gasteiger partial charge in [-0.05, 0) is 46.6 Å². The molecule has 3 heterocycles. The van der Waals surface area contributed by atoms with Crippen molar-refractivity contribution in [1.29, 1.82) is 0 Å². The molecule has 0 saturated carbocycles. The van der Waals surface area contributed by atoms with Crippen LogP contribution in [0.15, 0.2) is 0 Å². The highest BCUT2D eigenvalue weighted by atomic mass is 15.3. The number of hydrogen-bond donors (Lipinski definition) is 1. The molecule has 0 aromatic heterocycles. The van der Waals surface area contributed by atoms with E-state index in [4.69, 9.17) is 0 Å². The maximum Gasteiger partial charge on any atom is 0.0238 e. The lowest BCUT2D eigenvalue weighted by Crippen LogP contribution is -2.43. The number of likely N-dealkylation sites (N-methyl/N-ethyl adjacent to an activating group) is 1. The summed E-state index contributed by atoms with van der Waals surface area (Å²) in [6, 6.07) is 2.47. The second-order valence-corrected chi connectivity index (χ2v) is 6.96. The first-order chi connectivity index (χ1) is 8.05. The summed E-state index contributed by atoms with van der Waals surface area (Å²) in [4.78, 5) is 5.41. The molecule has 3 rings (SSSR count). The molecule has 3 atom stereocenters. The van der Waals surface area contributed by atoms with Crippen molar-refractivity contribution in [1.82, 2.24) is 15.1 Å². The molecule has 1 N–H and O–H groups in total. The Balaban J connectivity index is 1.66. The van der Waals surface area contributed by atoms with E-state index in [2.05, 4.69) is 36.0 Å². The maximum absolute atomic E-state index is 3.66. The summed E-state index contributed by atoms with van der Waals surface area (Å²) in [7, 11) is 2.34. The lowest BCUT2D eigenvalue weighted by molar-refractivity contribution is 0.176. The van der Waals surface area contributed by atoms with E-state index < -0.39 is 0 Å². The van der Waals surface area contributed by atoms with Gasteiger partial charge in [0.05, 0.1) is 0 Å². The number of nitrogens with one attached hydrogen (secondary N) is 1. The van der Waals surface area contributed by atoms with E-state index in [-0.39, 0.29) is 0 Å². The fourth-order valence-electron chi connectivity index (χ4n) is 4.05. The van der Waals surface area contributed by atoms with E-state index in [1.165, 1.54) is 45.3 Å². The highest BCUT2D eigenvalue weighted by Gasteiger charge is 2.39. The predicted molar refractivity (Wildman–Crippen MR) is 71.2 cm³/mol. The third-order valence-electron chi connectivity index (χ3n) is 5.26. The van der Waals surface area contributed by atoms with Crippen molar-refractivity contribution in [3.8, 4) is 0 Å². The van der Waals surface area contributed by atoms with Crippen LogP contribution in [0, 0.1) is 0 Å². The Morgan fingerprint density at radius 3 is 2.53 bits per heavy atom. The first-order valence-corrected chi connectivity index (χ1v) is 7.26. The van der Waals surface area contributed by atoms with Crippen molar-refractivity contribution in [3.63, 3.8) is 0 Å². The molecule has 98 valence electrons. The average molecular weight is 237 g/mol. The number of hydrogen-bond acceptors (Lipinski definition) is 3. The summed E-state index contributed by atoms with van der Waals surface area (Å²) < 4.78 is 0. The van der Waals surface area contributed by atoms with E-state index in [1.807, 2.05) is 0 Å². The Morgan fingerprint density at radius 2 is 1.82 bits per heavy atom. The van der Waals surface area contributed by atoms with Gasteiger partial charge in [0, 0.05) is 43.3 Å². The van der Waals surface area contributed by atoms with Gasteiger partial charge in [-0.25, -0.2) is 0 Å². The predicted octanol–water partition coefficient (Wildman–Crippen LogP) is 1.30. The number of fused-ring (bicyclic) bond motifs is 2. The lowest BCUT2D eigenvalue weighted by Gasteiger charge is -2.31. The first kappa shape index (κ1) is 11.9. The van der Waals surface area contributed by atoms with E-state index in [1.54, 1.807) is 0 Å². The monoisotopic (exact) mass is 237 g/mol. The second-order valence-electron chi connectivity index (χ2n) is 6.96. The van der Waals surface area contributed by atoms with E-state index >= 15 is 0 Å². The summed E-state index contributed by atoms with van der Waals surface area (Å²) in [6.45, 7) is 8.48. The SMILES string of the molecule is CN1C2CCC1CN(C1CNC(C)(C)C1)CC2. The van der Waals surface area contributed by atoms with Crippen LogP contribution in [0.25, 0.3) is 0 Å². The summed E-state index contributed by atoms with van der Waals surface area (Å²) in [5, 5.41) is 3.66. The van der Waals surface area contributed by atoms with Crippen molar-refractivity contribution in [2.24, 2.45) is 0 Å². The Hall–Kier alpha value is -0.120. The molecule has 0 spiro atoms. The van der Waals surface area contributed by atoms with Crippen LogP contribution in [0.2, 0.25) is 0 Å². The van der Waals surface area contributed by atoms with Gasteiger partial charge in [0.15, 0.2) is 0 Å². The van der Waals surface area contributed by atoms with Gasteiger partial charge in [-0.15, -0.1) is 0 Å². The molecule has 17 heavy (non-hydrogen) atoms. The number of nitrogens with zero attached hydrogens (tertiary/aromatic N) is 2. The molecule has 3 aliphatic heterocycles. The molecule has 3 nitrogen and oxygen atoms in total. The van der Waals surface area contributed by atoms with Crippen LogP contribution >= 0.6 is 0 Å². The fraction of sp³-hybridized carbons (Fsp3) is 1.00. The Bertz CT molecular complexity index is 289. The molecule has 3 saturated heterocycles. The minimum atomic E-state index is 0.349. The topological polar surface area (TPSA) is 18.5 Å². The van der Waals surface area contributed by atoms with Gasteiger partial charge in [-0.3, -0.25) is 9.80 Å². The van der Waals surface area contributed by atoms with Gasteiger partial charge in [-0.1, -0.05) is 0 Å². The van der Waals surface area contributed by atoms with Gasteiger partial charge in [0.1, 0.15) is 0 Å². The highest BCUT2D eigenvalue weighted by molar-refractivity contribution is 4.98. The largest absolute Gasteiger partial charge is 0.310 e. The zero-order chi connectivity index (χ0) is 12.0. The van der Waals surface area contributed by atoms with Crippen LogP contribution in [0.3, 0.4) is 0 Å². The smallest absolute Gasteiger partial charge is 0.0238 e. The standard InChI is InChI=1S/C14H27N3/c1-14(2)8-13(9-15-14)17-7-6-11-4-5-12(10-17)16(11)3/h11-13,15H,4-10H2,1-3H3. The Kier molecular flexibility index (Phi) is 2.96. The molecular formula is C14H27N3. The Morgan fingerprint density at radius 1 is 1.06 bits per heavy atom. The van der Waals surface area contributed by atoms with E-state index in [0.29, 0.717) is 5.54 Å². The van der Waals surface area contributed by atoms with Crippen molar-refractivity contribution in [3.05, 3.63) is 0 Å². The van der Waals surface area contributed by atoms with E-state index in [9.17, 15) is 0 Å². The van der Waals surface area contributed by atoms with Crippen molar-refractivity contribution in [2.75, 3.05) is 26.7 Å². The molecule has 3 heteroatoms. The normalized spacial score (nSPS) is 42.9. The fourth-order valence-corrected chi connectivity index (χ4v) is 4.05. The van der Waals surface area contributed by atoms with Crippen molar-refractivity contribution < 1.29 is 0 Å². The molecule has 2 bridgehead atoms. The van der Waals surface area contributed by atoms with Crippen LogP contribution < -0.4 is 5.32 Å². The molecule has 3 unspecified atom stereocenters. The molecule has 0 aromatic rings. The average Bonchev–Trinajstić information content (AvgIpc) is 2.69. The van der Waals surface area contributed by atoms with Crippen molar-refractivity contribution in [2.45, 2.75) is 63.2 Å². The highest BCUT2D eigenvalue weighted by Crippen LogP contribution is 2.31. The molecule has 3 fully saturated rings. The summed E-state index contributed by atoms with van der Waals surface area (Å²) in [6.07, 6.45) is 5.54. The minimum Gasteiger partial charge on any atom is -0.310 e. The van der Waals surface area contributed by atoms with Gasteiger partial charge >= 0.3 is 0 Å². The van der Waals surface area contributed by atoms with Gasteiger partial charge in [-0.2, -0.15) is 0 Å². The molecule has 0 amide bonds. The van der Waals surface area contributed by atoms with Gasteiger partial charge in [0.2, 0.25) is 0 Å². The molecular weight excluding hydrogens is 210 g/mol. The summed E-state index contributed by atoms with van der Waals surface area (Å²) in [5.41, 5.74) is 0.349. The first-order valence-electron chi connectivity index (χ1n) is 7.26.